The summed E-state index contributed by atoms with van der Waals surface area (Å²) in [7, 11) is 0. The fourth-order valence-corrected chi connectivity index (χ4v) is 2.13. The molecular weight excluding hydrogens is 184 g/mol. The van der Waals surface area contributed by atoms with Gasteiger partial charge in [-0.2, -0.15) is 5.26 Å². The first-order chi connectivity index (χ1) is 7.38. The maximum absolute atomic E-state index is 8.48. The molecule has 2 heteroatoms. The molecule has 0 N–H and O–H groups in total. The van der Waals surface area contributed by atoms with Crippen LogP contribution in [0.15, 0.2) is 0 Å². The molecule has 0 unspecified atom stereocenters. The predicted octanol–water partition coefficient (Wildman–Crippen LogP) is 2.80. The van der Waals surface area contributed by atoms with E-state index in [-0.39, 0.29) is 0 Å². The van der Waals surface area contributed by atoms with Crippen molar-refractivity contribution < 1.29 is 0 Å². The van der Waals surface area contributed by atoms with Crippen molar-refractivity contribution in [1.29, 1.82) is 5.26 Å². The molecule has 0 saturated heterocycles. The summed E-state index contributed by atoms with van der Waals surface area (Å²) in [6, 6.07) is 2.23. The van der Waals surface area contributed by atoms with Gasteiger partial charge < -0.3 is 4.90 Å². The predicted molar refractivity (Wildman–Crippen MR) is 61.4 cm³/mol. The van der Waals surface area contributed by atoms with Crippen LogP contribution in [0.1, 0.15) is 44.9 Å². The molecule has 0 aromatic carbocycles. The van der Waals surface area contributed by atoms with Crippen LogP contribution in [0.2, 0.25) is 0 Å². The van der Waals surface area contributed by atoms with Crippen molar-refractivity contribution in [1.82, 2.24) is 4.90 Å². The second-order valence-electron chi connectivity index (χ2n) is 5.26. The molecule has 0 aliphatic heterocycles. The third-order valence-corrected chi connectivity index (χ3v) is 3.44. The molecule has 84 valence electrons. The molecule has 2 aliphatic carbocycles. The number of rotatable bonds is 8. The highest BCUT2D eigenvalue weighted by Gasteiger charge is 2.28. The summed E-state index contributed by atoms with van der Waals surface area (Å²) in [5.74, 6) is 2.03. The highest BCUT2D eigenvalue weighted by atomic mass is 15.1. The second-order valence-corrected chi connectivity index (χ2v) is 5.26. The molecule has 0 heterocycles. The largest absolute Gasteiger partial charge is 0.303 e. The van der Waals surface area contributed by atoms with E-state index in [9.17, 15) is 0 Å². The quantitative estimate of drug-likeness (QED) is 0.571. The molecule has 0 aromatic rings. The SMILES string of the molecule is N#CCCCCN(CC1CC1)CC1CC1. The van der Waals surface area contributed by atoms with E-state index in [4.69, 9.17) is 5.26 Å². The van der Waals surface area contributed by atoms with Gasteiger partial charge in [-0.3, -0.25) is 0 Å². The summed E-state index contributed by atoms with van der Waals surface area (Å²) in [6.07, 6.45) is 8.87. The van der Waals surface area contributed by atoms with Crippen LogP contribution in [-0.2, 0) is 0 Å². The van der Waals surface area contributed by atoms with Crippen LogP contribution in [0.5, 0.6) is 0 Å². The summed E-state index contributed by atoms with van der Waals surface area (Å²) in [5, 5.41) is 8.48. The fraction of sp³-hybridized carbons (Fsp3) is 0.923. The standard InChI is InChI=1S/C13H22N2/c14-8-2-1-3-9-15(10-12-4-5-12)11-13-6-7-13/h12-13H,1-7,9-11H2. The summed E-state index contributed by atoms with van der Waals surface area (Å²) < 4.78 is 0. The maximum Gasteiger partial charge on any atom is 0.0621 e. The molecule has 0 aromatic heterocycles. The van der Waals surface area contributed by atoms with Gasteiger partial charge in [-0.05, 0) is 56.9 Å². The van der Waals surface area contributed by atoms with Crippen molar-refractivity contribution in [3.8, 4) is 6.07 Å². The molecule has 0 radical (unpaired) electrons. The molecule has 0 atom stereocenters. The Balaban J connectivity index is 1.59. The molecule has 2 saturated carbocycles. The van der Waals surface area contributed by atoms with Crippen LogP contribution in [0.4, 0.5) is 0 Å². The Morgan fingerprint density at radius 3 is 2.07 bits per heavy atom. The lowest BCUT2D eigenvalue weighted by molar-refractivity contribution is 0.248. The number of hydrogen-bond acceptors (Lipinski definition) is 2. The van der Waals surface area contributed by atoms with Crippen molar-refractivity contribution in [2.75, 3.05) is 19.6 Å². The maximum atomic E-state index is 8.48. The fourth-order valence-electron chi connectivity index (χ4n) is 2.13. The number of unbranched alkanes of at least 4 members (excludes halogenated alkanes) is 2. The first-order valence-electron chi connectivity index (χ1n) is 6.48. The van der Waals surface area contributed by atoms with Crippen LogP contribution in [0, 0.1) is 23.2 Å². The molecule has 2 nitrogen and oxygen atoms in total. The third kappa shape index (κ3) is 4.66. The van der Waals surface area contributed by atoms with Gasteiger partial charge in [-0.1, -0.05) is 0 Å². The molecule has 0 amide bonds. The van der Waals surface area contributed by atoms with E-state index in [0.29, 0.717) is 0 Å². The molecular formula is C13H22N2. The van der Waals surface area contributed by atoms with Gasteiger partial charge >= 0.3 is 0 Å². The Morgan fingerprint density at radius 1 is 1.00 bits per heavy atom. The summed E-state index contributed by atoms with van der Waals surface area (Å²) in [4.78, 5) is 2.66. The Morgan fingerprint density at radius 2 is 1.60 bits per heavy atom. The van der Waals surface area contributed by atoms with Crippen LogP contribution in [0.25, 0.3) is 0 Å². The average Bonchev–Trinajstić information content (AvgIpc) is 3.07. The van der Waals surface area contributed by atoms with Gasteiger partial charge in [0, 0.05) is 19.5 Å². The second kappa shape index (κ2) is 5.51. The molecule has 2 aliphatic rings. The topological polar surface area (TPSA) is 27.0 Å². The van der Waals surface area contributed by atoms with E-state index < -0.39 is 0 Å². The van der Waals surface area contributed by atoms with E-state index in [1.165, 1.54) is 51.7 Å². The Hall–Kier alpha value is -0.550. The van der Waals surface area contributed by atoms with Gasteiger partial charge in [0.25, 0.3) is 0 Å². The smallest absolute Gasteiger partial charge is 0.0621 e. The highest BCUT2D eigenvalue weighted by Crippen LogP contribution is 2.33. The van der Waals surface area contributed by atoms with Crippen molar-refractivity contribution in [2.45, 2.75) is 44.9 Å². The third-order valence-electron chi connectivity index (χ3n) is 3.44. The van der Waals surface area contributed by atoms with Crippen LogP contribution in [0.3, 0.4) is 0 Å². The van der Waals surface area contributed by atoms with Gasteiger partial charge in [0.1, 0.15) is 0 Å². The van der Waals surface area contributed by atoms with Crippen molar-refractivity contribution in [3.05, 3.63) is 0 Å². The van der Waals surface area contributed by atoms with Gasteiger partial charge in [0.05, 0.1) is 6.07 Å². The summed E-state index contributed by atoms with van der Waals surface area (Å²) >= 11 is 0. The zero-order valence-electron chi connectivity index (χ0n) is 9.62. The minimum Gasteiger partial charge on any atom is -0.303 e. The lowest BCUT2D eigenvalue weighted by Gasteiger charge is -2.21. The Kier molecular flexibility index (Phi) is 4.02. The van der Waals surface area contributed by atoms with E-state index in [1.807, 2.05) is 0 Å². The number of hydrogen-bond donors (Lipinski definition) is 0. The van der Waals surface area contributed by atoms with E-state index >= 15 is 0 Å². The van der Waals surface area contributed by atoms with Crippen molar-refractivity contribution >= 4 is 0 Å². The number of nitriles is 1. The van der Waals surface area contributed by atoms with E-state index in [2.05, 4.69) is 11.0 Å². The van der Waals surface area contributed by atoms with E-state index in [1.54, 1.807) is 0 Å². The van der Waals surface area contributed by atoms with Crippen LogP contribution < -0.4 is 0 Å². The van der Waals surface area contributed by atoms with Crippen molar-refractivity contribution in [2.24, 2.45) is 11.8 Å². The van der Waals surface area contributed by atoms with Gasteiger partial charge in [0.2, 0.25) is 0 Å². The van der Waals surface area contributed by atoms with E-state index in [0.717, 1.165) is 24.7 Å². The van der Waals surface area contributed by atoms with Crippen LogP contribution >= 0.6 is 0 Å². The highest BCUT2D eigenvalue weighted by molar-refractivity contribution is 4.82. The lowest BCUT2D eigenvalue weighted by atomic mass is 10.2. The first kappa shape index (κ1) is 11.0. The minimum atomic E-state index is 0.737. The van der Waals surface area contributed by atoms with Gasteiger partial charge in [-0.15, -0.1) is 0 Å². The Bertz CT molecular complexity index is 209. The molecule has 0 spiro atoms. The van der Waals surface area contributed by atoms with Crippen molar-refractivity contribution in [3.63, 3.8) is 0 Å². The first-order valence-corrected chi connectivity index (χ1v) is 6.48. The molecule has 2 rings (SSSR count). The molecule has 2 fully saturated rings. The van der Waals surface area contributed by atoms with Crippen LogP contribution in [-0.4, -0.2) is 24.5 Å². The zero-order chi connectivity index (χ0) is 10.5. The normalized spacial score (nSPS) is 20.5. The van der Waals surface area contributed by atoms with Gasteiger partial charge in [0.15, 0.2) is 0 Å². The molecule has 15 heavy (non-hydrogen) atoms. The number of nitrogens with zero attached hydrogens (tertiary/aromatic N) is 2. The zero-order valence-corrected chi connectivity index (χ0v) is 9.62. The summed E-state index contributed by atoms with van der Waals surface area (Å²) in [5.41, 5.74) is 0. The lowest BCUT2D eigenvalue weighted by Crippen LogP contribution is -2.29. The average molecular weight is 206 g/mol. The monoisotopic (exact) mass is 206 g/mol. The minimum absolute atomic E-state index is 0.737. The molecule has 0 bridgehead atoms. The Labute approximate surface area is 93.3 Å². The summed E-state index contributed by atoms with van der Waals surface area (Å²) in [6.45, 7) is 3.90. The van der Waals surface area contributed by atoms with Gasteiger partial charge in [-0.25, -0.2) is 0 Å².